The number of aromatic hydroxyl groups is 1. The Labute approximate surface area is 147 Å². The van der Waals surface area contributed by atoms with Crippen molar-refractivity contribution in [2.45, 2.75) is 17.9 Å². The average Bonchev–Trinajstić information content (AvgIpc) is 3.08. The molecule has 3 heterocycles. The van der Waals surface area contributed by atoms with Crippen LogP contribution in [0.4, 0.5) is 5.82 Å². The fourth-order valence-corrected chi connectivity index (χ4v) is 4.05. The fourth-order valence-electron chi connectivity index (χ4n) is 4.05. The summed E-state index contributed by atoms with van der Waals surface area (Å²) < 4.78 is 0. The molecule has 1 aromatic carbocycles. The van der Waals surface area contributed by atoms with Crippen LogP contribution in [-0.4, -0.2) is 47.2 Å². The average molecular weight is 339 g/mol. The molecule has 25 heavy (non-hydrogen) atoms. The van der Waals surface area contributed by atoms with Crippen molar-refractivity contribution in [3.63, 3.8) is 0 Å². The molecule has 7 N–H and O–H groups in total. The van der Waals surface area contributed by atoms with Gasteiger partial charge in [0.2, 0.25) is 0 Å². The monoisotopic (exact) mass is 339 g/mol. The number of aromatic nitrogens is 1. The van der Waals surface area contributed by atoms with Crippen molar-refractivity contribution in [2.75, 3.05) is 32.4 Å². The van der Waals surface area contributed by atoms with Gasteiger partial charge in [0.25, 0.3) is 0 Å². The highest BCUT2D eigenvalue weighted by molar-refractivity contribution is 5.84. The van der Waals surface area contributed by atoms with Crippen molar-refractivity contribution >= 4 is 17.6 Å². The number of phenolic OH excluding ortho intramolecular Hbond substituents is 1. The summed E-state index contributed by atoms with van der Waals surface area (Å²) >= 11 is 0. The maximum atomic E-state index is 9.96. The zero-order valence-electron chi connectivity index (χ0n) is 14.4. The van der Waals surface area contributed by atoms with E-state index >= 15 is 0 Å². The number of benzene rings is 1. The van der Waals surface area contributed by atoms with E-state index in [-0.39, 0.29) is 5.75 Å². The predicted molar refractivity (Wildman–Crippen MR) is 101 cm³/mol. The molecule has 6 nitrogen and oxygen atoms in total. The van der Waals surface area contributed by atoms with Crippen molar-refractivity contribution in [1.82, 2.24) is 15.2 Å². The number of anilines is 1. The quantitative estimate of drug-likeness (QED) is 0.583. The summed E-state index contributed by atoms with van der Waals surface area (Å²) in [6.07, 6.45) is 2.96. The van der Waals surface area contributed by atoms with Gasteiger partial charge in [-0.25, -0.2) is 0 Å². The highest BCUT2D eigenvalue weighted by Crippen LogP contribution is 2.40. The van der Waals surface area contributed by atoms with Gasteiger partial charge in [0, 0.05) is 53.6 Å². The van der Waals surface area contributed by atoms with Gasteiger partial charge < -0.3 is 26.9 Å². The van der Waals surface area contributed by atoms with Crippen LogP contribution in [0.15, 0.2) is 30.3 Å². The first-order valence-electron chi connectivity index (χ1n) is 8.64. The molecule has 2 fully saturated rings. The van der Waals surface area contributed by atoms with Gasteiger partial charge in [0.1, 0.15) is 11.6 Å². The summed E-state index contributed by atoms with van der Waals surface area (Å²) in [6, 6.07) is 9.14. The Morgan fingerprint density at radius 2 is 2.12 bits per heavy atom. The number of hydrogen-bond donors (Lipinski definition) is 5. The first-order chi connectivity index (χ1) is 12.0. The molecule has 2 saturated heterocycles. The molecule has 1 unspecified atom stereocenters. The van der Waals surface area contributed by atoms with Gasteiger partial charge in [0.05, 0.1) is 0 Å². The van der Waals surface area contributed by atoms with E-state index in [0.29, 0.717) is 28.5 Å². The Bertz CT molecular complexity index is 821. The Morgan fingerprint density at radius 3 is 2.76 bits per heavy atom. The maximum absolute atomic E-state index is 9.96. The largest absolute Gasteiger partial charge is 0.507 e. The highest BCUT2D eigenvalue weighted by atomic mass is 16.3. The van der Waals surface area contributed by atoms with Gasteiger partial charge in [-0.05, 0) is 37.7 Å². The van der Waals surface area contributed by atoms with Gasteiger partial charge in [0.15, 0.2) is 0 Å². The minimum atomic E-state index is 0.169. The third-order valence-corrected chi connectivity index (χ3v) is 5.71. The predicted octanol–water partition coefficient (Wildman–Crippen LogP) is 1.52. The lowest BCUT2D eigenvalue weighted by Gasteiger charge is -2.44. The number of likely N-dealkylation sites (tertiary alicyclic amines) is 1. The van der Waals surface area contributed by atoms with E-state index in [1.165, 1.54) is 0 Å². The SMILES string of the molecule is CN1CC(c2cc(/C=C(\N)c3ccccc3O)c(N)[nH]2)CC12CNC2. The minimum Gasteiger partial charge on any atom is -0.507 e. The summed E-state index contributed by atoms with van der Waals surface area (Å²) in [5, 5.41) is 13.3. The van der Waals surface area contributed by atoms with E-state index < -0.39 is 0 Å². The summed E-state index contributed by atoms with van der Waals surface area (Å²) in [7, 11) is 2.20. The van der Waals surface area contributed by atoms with Crippen molar-refractivity contribution in [2.24, 2.45) is 5.73 Å². The van der Waals surface area contributed by atoms with Crippen LogP contribution in [0.3, 0.4) is 0 Å². The Balaban J connectivity index is 1.59. The number of aromatic amines is 1. The fraction of sp³-hybridized carbons (Fsp3) is 0.368. The molecule has 2 aliphatic heterocycles. The van der Waals surface area contributed by atoms with Crippen LogP contribution in [0.25, 0.3) is 11.8 Å². The normalized spacial score (nSPS) is 23.1. The number of nitrogens with zero attached hydrogens (tertiary/aromatic N) is 1. The molecule has 132 valence electrons. The van der Waals surface area contributed by atoms with E-state index in [1.807, 2.05) is 12.1 Å². The van der Waals surface area contributed by atoms with E-state index in [0.717, 1.165) is 37.3 Å². The van der Waals surface area contributed by atoms with Crippen LogP contribution < -0.4 is 16.8 Å². The summed E-state index contributed by atoms with van der Waals surface area (Å²) in [5.41, 5.74) is 15.8. The second-order valence-corrected chi connectivity index (χ2v) is 7.32. The number of hydrogen-bond acceptors (Lipinski definition) is 5. The van der Waals surface area contributed by atoms with Crippen molar-refractivity contribution in [3.05, 3.63) is 47.2 Å². The lowest BCUT2D eigenvalue weighted by atomic mass is 9.86. The summed E-state index contributed by atoms with van der Waals surface area (Å²) in [5.74, 6) is 1.23. The van der Waals surface area contributed by atoms with Gasteiger partial charge in [-0.15, -0.1) is 0 Å². The van der Waals surface area contributed by atoms with Gasteiger partial charge in [-0.2, -0.15) is 0 Å². The molecule has 0 bridgehead atoms. The van der Waals surface area contributed by atoms with Crippen molar-refractivity contribution in [3.8, 4) is 5.75 Å². The third kappa shape index (κ3) is 2.67. The smallest absolute Gasteiger partial charge is 0.124 e. The highest BCUT2D eigenvalue weighted by Gasteiger charge is 2.48. The molecular formula is C19H25N5O. The summed E-state index contributed by atoms with van der Waals surface area (Å²) in [4.78, 5) is 5.79. The number of H-pyrrole nitrogens is 1. The van der Waals surface area contributed by atoms with Crippen LogP contribution in [0.1, 0.15) is 29.2 Å². The summed E-state index contributed by atoms with van der Waals surface area (Å²) in [6.45, 7) is 3.14. The Hall–Kier alpha value is -2.44. The topological polar surface area (TPSA) is 103 Å². The minimum absolute atomic E-state index is 0.169. The number of para-hydroxylation sites is 1. The molecule has 6 heteroatoms. The zero-order valence-corrected chi connectivity index (χ0v) is 14.4. The molecule has 0 amide bonds. The third-order valence-electron chi connectivity index (χ3n) is 5.71. The Kier molecular flexibility index (Phi) is 3.74. The first kappa shape index (κ1) is 16.1. The van der Waals surface area contributed by atoms with E-state index in [2.05, 4.69) is 28.3 Å². The van der Waals surface area contributed by atoms with Crippen LogP contribution >= 0.6 is 0 Å². The Morgan fingerprint density at radius 1 is 1.36 bits per heavy atom. The molecular weight excluding hydrogens is 314 g/mol. The lowest BCUT2D eigenvalue weighted by Crippen LogP contribution is -2.65. The van der Waals surface area contributed by atoms with Crippen LogP contribution in [0.2, 0.25) is 0 Å². The standard InChI is InChI=1S/C19H25N5O/c1-24-9-13(8-19(24)10-22-11-19)16-7-12(18(21)23-16)6-15(20)14-4-2-3-5-17(14)25/h2-7,13,22-23,25H,8-11,20-21H2,1H3/b15-6-. The van der Waals surface area contributed by atoms with Gasteiger partial charge in [-0.1, -0.05) is 12.1 Å². The van der Waals surface area contributed by atoms with Gasteiger partial charge >= 0.3 is 0 Å². The number of rotatable bonds is 3. The van der Waals surface area contributed by atoms with E-state index in [1.54, 1.807) is 18.2 Å². The van der Waals surface area contributed by atoms with E-state index in [9.17, 15) is 5.11 Å². The number of nitrogens with two attached hydrogens (primary N) is 2. The van der Waals surface area contributed by atoms with Crippen LogP contribution in [-0.2, 0) is 0 Å². The maximum Gasteiger partial charge on any atom is 0.124 e. The van der Waals surface area contributed by atoms with Crippen molar-refractivity contribution in [1.29, 1.82) is 0 Å². The molecule has 2 aliphatic rings. The van der Waals surface area contributed by atoms with E-state index in [4.69, 9.17) is 11.5 Å². The molecule has 2 aromatic rings. The zero-order chi connectivity index (χ0) is 17.6. The number of phenols is 1. The number of nitrogens with one attached hydrogen (secondary N) is 2. The molecule has 1 spiro atoms. The lowest BCUT2D eigenvalue weighted by molar-refractivity contribution is 0.105. The van der Waals surface area contributed by atoms with Crippen LogP contribution in [0.5, 0.6) is 5.75 Å². The molecule has 1 atom stereocenters. The first-order valence-corrected chi connectivity index (χ1v) is 8.64. The molecule has 4 rings (SSSR count). The second kappa shape index (κ2) is 5.82. The van der Waals surface area contributed by atoms with Crippen molar-refractivity contribution < 1.29 is 5.11 Å². The number of nitrogen functional groups attached to an aromatic ring is 1. The van der Waals surface area contributed by atoms with Crippen LogP contribution in [0, 0.1) is 0 Å². The molecule has 1 aromatic heterocycles. The second-order valence-electron chi connectivity index (χ2n) is 7.32. The molecule has 0 saturated carbocycles. The van der Waals surface area contributed by atoms with Gasteiger partial charge in [-0.3, -0.25) is 4.90 Å². The molecule has 0 radical (unpaired) electrons. The number of likely N-dealkylation sites (N-methyl/N-ethyl adjacent to an activating group) is 1. The molecule has 0 aliphatic carbocycles.